The fourth-order valence-electron chi connectivity index (χ4n) is 5.09. The van der Waals surface area contributed by atoms with Crippen molar-refractivity contribution in [2.75, 3.05) is 18.0 Å². The lowest BCUT2D eigenvalue weighted by Crippen LogP contribution is -2.48. The van der Waals surface area contributed by atoms with Gasteiger partial charge in [0.2, 0.25) is 5.96 Å². The molecule has 0 saturated carbocycles. The number of guanidine groups is 1. The summed E-state index contributed by atoms with van der Waals surface area (Å²) in [6.07, 6.45) is 3.99. The summed E-state index contributed by atoms with van der Waals surface area (Å²) in [5.74, 6) is 1.58. The molecule has 0 spiro atoms. The zero-order valence-electron chi connectivity index (χ0n) is 20.2. The molecule has 0 bridgehead atoms. The molecule has 1 amide bonds. The van der Waals surface area contributed by atoms with Gasteiger partial charge in [0.15, 0.2) is 0 Å². The highest BCUT2D eigenvalue weighted by Crippen LogP contribution is 2.29. The SMILES string of the molecule is Cc1ccc(N2C(=O)C(Cc3ccccc3)N=C2N2CCC(Cc3ccccc3)CC2)cc1C. The second kappa shape index (κ2) is 9.84. The van der Waals surface area contributed by atoms with Gasteiger partial charge in [0.05, 0.1) is 5.69 Å². The lowest BCUT2D eigenvalue weighted by Gasteiger charge is -2.36. The maximum atomic E-state index is 13.6. The Balaban J connectivity index is 1.37. The van der Waals surface area contributed by atoms with Gasteiger partial charge in [-0.15, -0.1) is 0 Å². The van der Waals surface area contributed by atoms with Gasteiger partial charge in [-0.05, 0) is 73.4 Å². The van der Waals surface area contributed by atoms with E-state index in [0.29, 0.717) is 12.3 Å². The first kappa shape index (κ1) is 22.4. The number of hydrogen-bond donors (Lipinski definition) is 0. The number of piperidine rings is 1. The summed E-state index contributed by atoms with van der Waals surface area (Å²) < 4.78 is 0. The minimum absolute atomic E-state index is 0.0773. The monoisotopic (exact) mass is 451 g/mol. The normalized spacial score (nSPS) is 18.9. The van der Waals surface area contributed by atoms with Gasteiger partial charge < -0.3 is 4.90 Å². The lowest BCUT2D eigenvalue weighted by molar-refractivity contribution is -0.118. The van der Waals surface area contributed by atoms with Crippen molar-refractivity contribution in [3.63, 3.8) is 0 Å². The van der Waals surface area contributed by atoms with Gasteiger partial charge in [0.1, 0.15) is 6.04 Å². The molecule has 174 valence electrons. The van der Waals surface area contributed by atoms with Crippen LogP contribution in [0.5, 0.6) is 0 Å². The summed E-state index contributed by atoms with van der Waals surface area (Å²) in [6, 6.07) is 26.9. The molecule has 0 N–H and O–H groups in total. The Morgan fingerprint density at radius 2 is 1.41 bits per heavy atom. The average Bonchev–Trinajstić information content (AvgIpc) is 3.18. The van der Waals surface area contributed by atoms with Crippen molar-refractivity contribution in [3.05, 3.63) is 101 Å². The number of likely N-dealkylation sites (tertiary alicyclic amines) is 1. The molecule has 1 saturated heterocycles. The van der Waals surface area contributed by atoms with Crippen molar-refractivity contribution in [1.82, 2.24) is 4.90 Å². The molecule has 0 aromatic heterocycles. The topological polar surface area (TPSA) is 35.9 Å². The van der Waals surface area contributed by atoms with Crippen molar-refractivity contribution >= 4 is 17.6 Å². The Kier molecular flexibility index (Phi) is 6.48. The molecule has 34 heavy (non-hydrogen) atoms. The number of aryl methyl sites for hydroxylation is 2. The van der Waals surface area contributed by atoms with Gasteiger partial charge in [-0.2, -0.15) is 0 Å². The van der Waals surface area contributed by atoms with Crippen LogP contribution >= 0.6 is 0 Å². The highest BCUT2D eigenvalue weighted by Gasteiger charge is 2.39. The molecule has 4 heteroatoms. The quantitative estimate of drug-likeness (QED) is 0.508. The van der Waals surface area contributed by atoms with E-state index >= 15 is 0 Å². The molecular formula is C30H33N3O. The van der Waals surface area contributed by atoms with Gasteiger partial charge in [-0.25, -0.2) is 9.89 Å². The third-order valence-corrected chi connectivity index (χ3v) is 7.26. The first-order valence-corrected chi connectivity index (χ1v) is 12.4. The highest BCUT2D eigenvalue weighted by atomic mass is 16.2. The van der Waals surface area contributed by atoms with Gasteiger partial charge >= 0.3 is 0 Å². The predicted molar refractivity (Wildman–Crippen MR) is 139 cm³/mol. The molecule has 5 rings (SSSR count). The van der Waals surface area contributed by atoms with Gasteiger partial charge in [-0.3, -0.25) is 4.79 Å². The van der Waals surface area contributed by atoms with E-state index < -0.39 is 0 Å². The number of nitrogens with zero attached hydrogens (tertiary/aromatic N) is 3. The number of amides is 1. The molecule has 0 aliphatic carbocycles. The van der Waals surface area contributed by atoms with E-state index in [9.17, 15) is 4.79 Å². The largest absolute Gasteiger partial charge is 0.342 e. The number of benzene rings is 3. The average molecular weight is 452 g/mol. The summed E-state index contributed by atoms with van der Waals surface area (Å²) in [6.45, 7) is 6.08. The van der Waals surface area contributed by atoms with Crippen LogP contribution in [0.25, 0.3) is 0 Å². The Bertz CT molecular complexity index is 1160. The summed E-state index contributed by atoms with van der Waals surface area (Å²) >= 11 is 0. The standard InChI is InChI=1S/C30H33N3O/c1-22-13-14-27(19-23(22)2)33-29(34)28(21-25-11-7-4-8-12-25)31-30(33)32-17-15-26(16-18-32)20-24-9-5-3-6-10-24/h3-14,19,26,28H,15-18,20-21H2,1-2H3. The van der Waals surface area contributed by atoms with Crippen LogP contribution in [0.15, 0.2) is 83.9 Å². The van der Waals surface area contributed by atoms with Gasteiger partial charge in [0.25, 0.3) is 5.91 Å². The van der Waals surface area contributed by atoms with Crippen LogP contribution in [0.1, 0.15) is 35.1 Å². The van der Waals surface area contributed by atoms with Crippen molar-refractivity contribution < 1.29 is 4.79 Å². The van der Waals surface area contributed by atoms with Crippen LogP contribution in [0.2, 0.25) is 0 Å². The molecule has 2 aliphatic rings. The van der Waals surface area contributed by atoms with E-state index in [-0.39, 0.29) is 11.9 Å². The first-order valence-electron chi connectivity index (χ1n) is 12.4. The smallest absolute Gasteiger partial charge is 0.259 e. The minimum atomic E-state index is -0.374. The molecular weight excluding hydrogens is 418 g/mol. The van der Waals surface area contributed by atoms with E-state index in [1.54, 1.807) is 0 Å². The molecule has 2 aliphatic heterocycles. The van der Waals surface area contributed by atoms with E-state index in [0.717, 1.165) is 49.6 Å². The Hall–Kier alpha value is -3.40. The molecule has 3 aromatic carbocycles. The summed E-state index contributed by atoms with van der Waals surface area (Å²) in [5, 5.41) is 0. The van der Waals surface area contributed by atoms with Crippen molar-refractivity contribution in [2.45, 2.75) is 45.6 Å². The third kappa shape index (κ3) is 4.77. The number of carbonyl (C=O) groups excluding carboxylic acids is 1. The highest BCUT2D eigenvalue weighted by molar-refractivity contribution is 6.22. The molecule has 1 unspecified atom stereocenters. The number of aliphatic imine (C=N–C) groups is 1. The van der Waals surface area contributed by atoms with E-state index in [2.05, 4.69) is 79.4 Å². The summed E-state index contributed by atoms with van der Waals surface area (Å²) in [5.41, 5.74) is 5.91. The number of hydrogen-bond acceptors (Lipinski definition) is 3. The molecule has 4 nitrogen and oxygen atoms in total. The molecule has 0 radical (unpaired) electrons. The third-order valence-electron chi connectivity index (χ3n) is 7.26. The van der Waals surface area contributed by atoms with E-state index in [4.69, 9.17) is 4.99 Å². The Morgan fingerprint density at radius 1 is 0.794 bits per heavy atom. The molecule has 1 fully saturated rings. The van der Waals surface area contributed by atoms with Crippen LogP contribution in [0, 0.1) is 19.8 Å². The van der Waals surface area contributed by atoms with Crippen molar-refractivity contribution in [2.24, 2.45) is 10.9 Å². The molecule has 1 atom stereocenters. The van der Waals surface area contributed by atoms with Crippen molar-refractivity contribution in [3.8, 4) is 0 Å². The number of anilines is 1. The molecule has 2 heterocycles. The number of carbonyl (C=O) groups is 1. The lowest BCUT2D eigenvalue weighted by atomic mass is 9.90. The Labute approximate surface area is 202 Å². The minimum Gasteiger partial charge on any atom is -0.342 e. The summed E-state index contributed by atoms with van der Waals surface area (Å²) in [7, 11) is 0. The zero-order chi connectivity index (χ0) is 23.5. The van der Waals surface area contributed by atoms with Gasteiger partial charge in [0, 0.05) is 19.5 Å². The summed E-state index contributed by atoms with van der Waals surface area (Å²) in [4.78, 5) is 22.9. The zero-order valence-corrected chi connectivity index (χ0v) is 20.2. The van der Waals surface area contributed by atoms with Crippen molar-refractivity contribution in [1.29, 1.82) is 0 Å². The second-order valence-corrected chi connectivity index (χ2v) is 9.70. The fraction of sp³-hybridized carbons (Fsp3) is 0.333. The van der Waals surface area contributed by atoms with Gasteiger partial charge in [-0.1, -0.05) is 66.7 Å². The van der Waals surface area contributed by atoms with Crippen LogP contribution in [-0.2, 0) is 17.6 Å². The molecule has 3 aromatic rings. The van der Waals surface area contributed by atoms with E-state index in [1.807, 2.05) is 23.1 Å². The fourth-order valence-corrected chi connectivity index (χ4v) is 5.09. The predicted octanol–water partition coefficient (Wildman–Crippen LogP) is 5.57. The van der Waals surface area contributed by atoms with Crippen LogP contribution in [0.4, 0.5) is 5.69 Å². The maximum absolute atomic E-state index is 13.6. The van der Waals surface area contributed by atoms with E-state index in [1.165, 1.54) is 16.7 Å². The number of rotatable bonds is 5. The van der Waals surface area contributed by atoms with Crippen LogP contribution in [0.3, 0.4) is 0 Å². The first-order chi connectivity index (χ1) is 16.6. The van der Waals surface area contributed by atoms with Crippen LogP contribution < -0.4 is 4.90 Å². The van der Waals surface area contributed by atoms with Crippen LogP contribution in [-0.4, -0.2) is 35.9 Å². The Morgan fingerprint density at radius 3 is 2.03 bits per heavy atom. The second-order valence-electron chi connectivity index (χ2n) is 9.70. The maximum Gasteiger partial charge on any atom is 0.259 e.